The Hall–Kier alpha value is -2.95. The third-order valence-corrected chi connectivity index (χ3v) is 6.10. The Labute approximate surface area is 179 Å². The molecule has 1 saturated heterocycles. The molecule has 1 aliphatic heterocycles. The summed E-state index contributed by atoms with van der Waals surface area (Å²) < 4.78 is 0. The molecular formula is C21H27N7O3. The van der Waals surface area contributed by atoms with Crippen molar-refractivity contribution in [1.82, 2.24) is 30.4 Å². The van der Waals surface area contributed by atoms with Crippen molar-refractivity contribution in [2.75, 3.05) is 18.4 Å². The van der Waals surface area contributed by atoms with Crippen LogP contribution in [0.15, 0.2) is 24.4 Å². The number of hydrogen-bond acceptors (Lipinski definition) is 6. The van der Waals surface area contributed by atoms with E-state index in [1.165, 1.54) is 0 Å². The minimum Gasteiger partial charge on any atom is -0.389 e. The number of rotatable bonds is 5. The first kappa shape index (κ1) is 20.0. The van der Waals surface area contributed by atoms with Crippen LogP contribution < -0.4 is 10.6 Å². The topological polar surface area (TPSA) is 142 Å². The molecule has 164 valence electrons. The van der Waals surface area contributed by atoms with E-state index in [0.717, 1.165) is 42.3 Å². The van der Waals surface area contributed by atoms with Gasteiger partial charge in [0.15, 0.2) is 5.82 Å². The van der Waals surface area contributed by atoms with E-state index >= 15 is 0 Å². The number of nitrogens with zero attached hydrogens (tertiary/aromatic N) is 3. The number of carbonyl (C=O) groups is 1. The number of nitrogens with one attached hydrogen (secondary N) is 4. The first-order valence-electron chi connectivity index (χ1n) is 10.7. The zero-order chi connectivity index (χ0) is 21.4. The number of carbonyl (C=O) groups excluding carboxylic acids is 1. The van der Waals surface area contributed by atoms with E-state index in [9.17, 15) is 15.0 Å². The highest BCUT2D eigenvalue weighted by atomic mass is 16.3. The van der Waals surface area contributed by atoms with Crippen LogP contribution in [0.5, 0.6) is 0 Å². The molecular weight excluding hydrogens is 398 g/mol. The van der Waals surface area contributed by atoms with Crippen LogP contribution >= 0.6 is 0 Å². The third kappa shape index (κ3) is 4.27. The third-order valence-electron chi connectivity index (χ3n) is 6.10. The molecule has 1 aromatic carbocycles. The summed E-state index contributed by atoms with van der Waals surface area (Å²) >= 11 is 0. The number of urea groups is 1. The lowest BCUT2D eigenvalue weighted by atomic mass is 10.2. The SMILES string of the molecule is O=C(Nc1cn[nH]c1-c1nc2ccc(CN3CC(O)C(O)C3)cc2[nH]1)NC1CCCC1. The lowest BCUT2D eigenvalue weighted by molar-refractivity contribution is 0.0572. The molecule has 10 heteroatoms. The highest BCUT2D eigenvalue weighted by Gasteiger charge is 2.29. The Balaban J connectivity index is 1.30. The number of aliphatic hydroxyl groups is 2. The van der Waals surface area contributed by atoms with E-state index in [4.69, 9.17) is 0 Å². The number of aromatic nitrogens is 4. The van der Waals surface area contributed by atoms with Crippen molar-refractivity contribution in [3.05, 3.63) is 30.0 Å². The number of fused-ring (bicyclic) bond motifs is 1. The number of amides is 2. The fraction of sp³-hybridized carbons (Fsp3) is 0.476. The van der Waals surface area contributed by atoms with Crippen LogP contribution in [0, 0.1) is 0 Å². The predicted octanol–water partition coefficient (Wildman–Crippen LogP) is 1.55. The number of β-amino-alcohol motifs (C(OH)–C–C–N with tert-alkyl or cyclic N) is 2. The van der Waals surface area contributed by atoms with Crippen LogP contribution in [0.3, 0.4) is 0 Å². The van der Waals surface area contributed by atoms with Crippen molar-refractivity contribution in [3.8, 4) is 11.5 Å². The van der Waals surface area contributed by atoms with Crippen molar-refractivity contribution in [1.29, 1.82) is 0 Å². The number of H-pyrrole nitrogens is 2. The summed E-state index contributed by atoms with van der Waals surface area (Å²) in [5, 5.41) is 32.4. The fourth-order valence-corrected chi connectivity index (χ4v) is 4.48. The van der Waals surface area contributed by atoms with Crippen LogP contribution in [-0.2, 0) is 6.54 Å². The first-order chi connectivity index (χ1) is 15.0. The predicted molar refractivity (Wildman–Crippen MR) is 115 cm³/mol. The number of benzene rings is 1. The van der Waals surface area contributed by atoms with Gasteiger partial charge >= 0.3 is 6.03 Å². The second-order valence-corrected chi connectivity index (χ2v) is 8.50. The molecule has 2 atom stereocenters. The molecule has 3 aromatic rings. The second-order valence-electron chi connectivity index (χ2n) is 8.50. The van der Waals surface area contributed by atoms with Crippen molar-refractivity contribution in [2.24, 2.45) is 0 Å². The van der Waals surface area contributed by atoms with Gasteiger partial charge in [0.1, 0.15) is 5.69 Å². The van der Waals surface area contributed by atoms with E-state index in [1.54, 1.807) is 6.20 Å². The van der Waals surface area contributed by atoms with Crippen molar-refractivity contribution < 1.29 is 15.0 Å². The molecule has 2 aliphatic rings. The number of aliphatic hydroxyl groups excluding tert-OH is 2. The zero-order valence-electron chi connectivity index (χ0n) is 17.1. The molecule has 0 radical (unpaired) electrons. The molecule has 0 bridgehead atoms. The summed E-state index contributed by atoms with van der Waals surface area (Å²) in [6, 6.07) is 5.94. The zero-order valence-corrected chi connectivity index (χ0v) is 17.1. The minimum atomic E-state index is -0.695. The van der Waals surface area contributed by atoms with Gasteiger partial charge < -0.3 is 25.8 Å². The Morgan fingerprint density at radius 1 is 1.19 bits per heavy atom. The molecule has 31 heavy (non-hydrogen) atoms. The van der Waals surface area contributed by atoms with Crippen LogP contribution in [0.1, 0.15) is 31.2 Å². The van der Waals surface area contributed by atoms with Crippen LogP contribution in [0.2, 0.25) is 0 Å². The largest absolute Gasteiger partial charge is 0.389 e. The van der Waals surface area contributed by atoms with Gasteiger partial charge in [-0.05, 0) is 30.5 Å². The average molecular weight is 425 g/mol. The molecule has 2 fully saturated rings. The molecule has 2 unspecified atom stereocenters. The van der Waals surface area contributed by atoms with Gasteiger partial charge in [0.25, 0.3) is 0 Å². The lowest BCUT2D eigenvalue weighted by Gasteiger charge is -2.14. The standard InChI is InChI=1S/C21H27N7O3/c29-17-10-28(11-18(17)30)9-12-5-6-14-15(7-12)25-20(24-14)19-16(8-22-27-19)26-21(31)23-13-3-1-2-4-13/h5-8,13,17-18,29-30H,1-4,9-11H2,(H,22,27)(H,24,25)(H2,23,26,31). The Morgan fingerprint density at radius 2 is 1.97 bits per heavy atom. The maximum atomic E-state index is 12.3. The van der Waals surface area contributed by atoms with Crippen molar-refractivity contribution >= 4 is 22.8 Å². The molecule has 2 aromatic heterocycles. The highest BCUT2D eigenvalue weighted by Crippen LogP contribution is 2.26. The van der Waals surface area contributed by atoms with E-state index in [2.05, 4.69) is 30.8 Å². The lowest BCUT2D eigenvalue weighted by Crippen LogP contribution is -2.36. The number of hydrogen-bond donors (Lipinski definition) is 6. The summed E-state index contributed by atoms with van der Waals surface area (Å²) in [6.45, 7) is 1.55. The molecule has 3 heterocycles. The first-order valence-corrected chi connectivity index (χ1v) is 10.7. The van der Waals surface area contributed by atoms with Gasteiger partial charge in [-0.15, -0.1) is 0 Å². The van der Waals surface area contributed by atoms with Gasteiger partial charge in [-0.25, -0.2) is 9.78 Å². The van der Waals surface area contributed by atoms with Crippen LogP contribution in [-0.4, -0.2) is 72.6 Å². The molecule has 1 aliphatic carbocycles. The normalized spacial score (nSPS) is 22.4. The second kappa shape index (κ2) is 8.29. The summed E-state index contributed by atoms with van der Waals surface area (Å²) in [4.78, 5) is 22.3. The quantitative estimate of drug-likeness (QED) is 0.366. The van der Waals surface area contributed by atoms with Gasteiger partial charge in [0, 0.05) is 25.7 Å². The molecule has 5 rings (SSSR count). The van der Waals surface area contributed by atoms with Gasteiger partial charge in [-0.3, -0.25) is 10.00 Å². The molecule has 1 saturated carbocycles. The van der Waals surface area contributed by atoms with Gasteiger partial charge in [-0.2, -0.15) is 5.10 Å². The minimum absolute atomic E-state index is 0.233. The van der Waals surface area contributed by atoms with E-state index in [0.29, 0.717) is 36.8 Å². The summed E-state index contributed by atoms with van der Waals surface area (Å²) in [7, 11) is 0. The number of anilines is 1. The Bertz CT molecular complexity index is 1060. The number of likely N-dealkylation sites (tertiary alicyclic amines) is 1. The Morgan fingerprint density at radius 3 is 2.74 bits per heavy atom. The summed E-state index contributed by atoms with van der Waals surface area (Å²) in [5.41, 5.74) is 3.91. The van der Waals surface area contributed by atoms with E-state index < -0.39 is 12.2 Å². The van der Waals surface area contributed by atoms with Crippen LogP contribution in [0.25, 0.3) is 22.6 Å². The molecule has 10 nitrogen and oxygen atoms in total. The van der Waals surface area contributed by atoms with Crippen molar-refractivity contribution in [2.45, 2.75) is 50.5 Å². The Kier molecular flexibility index (Phi) is 5.34. The van der Waals surface area contributed by atoms with Gasteiger partial charge in [-0.1, -0.05) is 18.9 Å². The molecule has 6 N–H and O–H groups in total. The van der Waals surface area contributed by atoms with Crippen molar-refractivity contribution in [3.63, 3.8) is 0 Å². The molecule has 0 spiro atoms. The number of aromatic amines is 2. The maximum absolute atomic E-state index is 12.3. The summed E-state index contributed by atoms with van der Waals surface area (Å²) in [6.07, 6.45) is 4.54. The van der Waals surface area contributed by atoms with Crippen LogP contribution in [0.4, 0.5) is 10.5 Å². The highest BCUT2D eigenvalue weighted by molar-refractivity contribution is 5.93. The van der Waals surface area contributed by atoms with E-state index in [-0.39, 0.29) is 12.1 Å². The van der Waals surface area contributed by atoms with Gasteiger partial charge in [0.05, 0.1) is 35.1 Å². The average Bonchev–Trinajstić information content (AvgIpc) is 3.50. The number of imidazole rings is 1. The maximum Gasteiger partial charge on any atom is 0.319 e. The fourth-order valence-electron chi connectivity index (χ4n) is 4.48. The van der Waals surface area contributed by atoms with E-state index in [1.807, 2.05) is 23.1 Å². The monoisotopic (exact) mass is 425 g/mol. The smallest absolute Gasteiger partial charge is 0.319 e. The summed E-state index contributed by atoms with van der Waals surface area (Å²) in [5.74, 6) is 0.591. The molecule has 2 amide bonds. The van der Waals surface area contributed by atoms with Gasteiger partial charge in [0.2, 0.25) is 0 Å².